The van der Waals surface area contributed by atoms with Crippen molar-refractivity contribution >= 4 is 32.5 Å². The number of nitrogens with one attached hydrogen (secondary N) is 1. The molecule has 0 saturated carbocycles. The van der Waals surface area contributed by atoms with Crippen LogP contribution in [0.4, 0.5) is 5.82 Å². The van der Waals surface area contributed by atoms with Gasteiger partial charge in [-0.3, -0.25) is 0 Å². The van der Waals surface area contributed by atoms with Crippen molar-refractivity contribution < 1.29 is 0 Å². The Morgan fingerprint density at radius 3 is 3.05 bits per heavy atom. The maximum absolute atomic E-state index is 4.50. The quantitative estimate of drug-likeness (QED) is 0.923. The van der Waals surface area contributed by atoms with Crippen LogP contribution in [-0.2, 0) is 0 Å². The highest BCUT2D eigenvalue weighted by molar-refractivity contribution is 9.10. The maximum atomic E-state index is 4.50. The van der Waals surface area contributed by atoms with Crippen molar-refractivity contribution in [2.75, 3.05) is 31.5 Å². The number of likely N-dealkylation sites (tertiary alicyclic amines) is 1. The van der Waals surface area contributed by atoms with E-state index in [2.05, 4.69) is 62.3 Å². The lowest BCUT2D eigenvalue weighted by atomic mass is 10.1. The molecule has 3 rings (SSSR count). The summed E-state index contributed by atoms with van der Waals surface area (Å²) >= 11 is 3.60. The molecule has 1 aliphatic heterocycles. The topological polar surface area (TPSA) is 28.2 Å². The number of nitrogens with zero attached hydrogens (tertiary/aromatic N) is 2. The first-order valence-corrected chi connectivity index (χ1v) is 8.06. The van der Waals surface area contributed by atoms with Crippen molar-refractivity contribution in [2.24, 2.45) is 5.92 Å². The Hall–Kier alpha value is -1.13. The van der Waals surface area contributed by atoms with E-state index >= 15 is 0 Å². The van der Waals surface area contributed by atoms with Gasteiger partial charge in [0, 0.05) is 34.5 Å². The minimum atomic E-state index is 0.735. The first-order chi connectivity index (χ1) is 9.78. The summed E-state index contributed by atoms with van der Waals surface area (Å²) in [6.07, 6.45) is 3.16. The largest absolute Gasteiger partial charge is 0.369 e. The van der Waals surface area contributed by atoms with E-state index < -0.39 is 0 Å². The van der Waals surface area contributed by atoms with Gasteiger partial charge in [0.05, 0.1) is 0 Å². The molecule has 106 valence electrons. The van der Waals surface area contributed by atoms with Gasteiger partial charge in [0.2, 0.25) is 0 Å². The number of hydrogen-bond donors (Lipinski definition) is 1. The third kappa shape index (κ3) is 2.81. The highest BCUT2D eigenvalue weighted by atomic mass is 79.9. The van der Waals surface area contributed by atoms with Crippen LogP contribution >= 0.6 is 15.9 Å². The van der Waals surface area contributed by atoms with E-state index in [4.69, 9.17) is 0 Å². The molecule has 1 aromatic carbocycles. The molecule has 1 aromatic heterocycles. The number of hydrogen-bond acceptors (Lipinski definition) is 3. The van der Waals surface area contributed by atoms with E-state index in [1.807, 2.05) is 6.20 Å². The van der Waals surface area contributed by atoms with Gasteiger partial charge in [0.15, 0.2) is 0 Å². The average molecular weight is 334 g/mol. The van der Waals surface area contributed by atoms with E-state index in [9.17, 15) is 0 Å². The molecule has 1 unspecified atom stereocenters. The summed E-state index contributed by atoms with van der Waals surface area (Å²) in [7, 11) is 0. The molecular weight excluding hydrogens is 314 g/mol. The standard InChI is InChI=1S/C16H20BrN3/c1-2-20-9-7-12(11-20)10-19-16-14-4-3-5-15(17)13(14)6-8-18-16/h3-6,8,12H,2,7,9-11H2,1H3,(H,18,19). The third-order valence-electron chi connectivity index (χ3n) is 4.13. The van der Waals surface area contributed by atoms with Crippen molar-refractivity contribution in [3.8, 4) is 0 Å². The van der Waals surface area contributed by atoms with E-state index in [1.54, 1.807) is 0 Å². The monoisotopic (exact) mass is 333 g/mol. The summed E-state index contributed by atoms with van der Waals surface area (Å²) < 4.78 is 1.12. The third-order valence-corrected chi connectivity index (χ3v) is 4.82. The molecule has 0 spiro atoms. The first kappa shape index (κ1) is 13.8. The number of anilines is 1. The number of pyridine rings is 1. The zero-order valence-electron chi connectivity index (χ0n) is 11.8. The van der Waals surface area contributed by atoms with Crippen LogP contribution in [0.15, 0.2) is 34.9 Å². The van der Waals surface area contributed by atoms with Gasteiger partial charge in [0.25, 0.3) is 0 Å². The summed E-state index contributed by atoms with van der Waals surface area (Å²) in [5.74, 6) is 1.73. The van der Waals surface area contributed by atoms with Crippen molar-refractivity contribution in [2.45, 2.75) is 13.3 Å². The fraction of sp³-hybridized carbons (Fsp3) is 0.438. The summed E-state index contributed by atoms with van der Waals surface area (Å²) in [6, 6.07) is 8.32. The molecular formula is C16H20BrN3. The zero-order chi connectivity index (χ0) is 13.9. The van der Waals surface area contributed by atoms with Crippen molar-refractivity contribution in [1.29, 1.82) is 0 Å². The summed E-state index contributed by atoms with van der Waals surface area (Å²) in [4.78, 5) is 7.02. The van der Waals surface area contributed by atoms with E-state index in [0.717, 1.165) is 29.3 Å². The van der Waals surface area contributed by atoms with Gasteiger partial charge >= 0.3 is 0 Å². The Kier molecular flexibility index (Phi) is 4.22. The van der Waals surface area contributed by atoms with Crippen LogP contribution in [0.2, 0.25) is 0 Å². The van der Waals surface area contributed by atoms with E-state index in [-0.39, 0.29) is 0 Å². The molecule has 4 heteroatoms. The zero-order valence-corrected chi connectivity index (χ0v) is 13.4. The highest BCUT2D eigenvalue weighted by Gasteiger charge is 2.20. The van der Waals surface area contributed by atoms with Crippen molar-refractivity contribution in [1.82, 2.24) is 9.88 Å². The minimum Gasteiger partial charge on any atom is -0.369 e. The van der Waals surface area contributed by atoms with Crippen LogP contribution < -0.4 is 5.32 Å². The van der Waals surface area contributed by atoms with E-state index in [0.29, 0.717) is 0 Å². The maximum Gasteiger partial charge on any atom is 0.133 e. The van der Waals surface area contributed by atoms with Crippen LogP contribution in [0.25, 0.3) is 10.8 Å². The van der Waals surface area contributed by atoms with Gasteiger partial charge in [-0.25, -0.2) is 4.98 Å². The first-order valence-electron chi connectivity index (χ1n) is 7.27. The lowest BCUT2D eigenvalue weighted by molar-refractivity contribution is 0.345. The van der Waals surface area contributed by atoms with Gasteiger partial charge in [-0.1, -0.05) is 35.0 Å². The Morgan fingerprint density at radius 1 is 1.35 bits per heavy atom. The van der Waals surface area contributed by atoms with Gasteiger partial charge in [-0.05, 0) is 37.6 Å². The van der Waals surface area contributed by atoms with Crippen LogP contribution in [0, 0.1) is 5.92 Å². The average Bonchev–Trinajstić information content (AvgIpc) is 2.94. The molecule has 2 heterocycles. The smallest absolute Gasteiger partial charge is 0.133 e. The number of rotatable bonds is 4. The lowest BCUT2D eigenvalue weighted by Crippen LogP contribution is -2.22. The molecule has 2 aromatic rings. The Labute approximate surface area is 128 Å². The fourth-order valence-electron chi connectivity index (χ4n) is 2.92. The number of halogens is 1. The molecule has 1 atom stereocenters. The number of fused-ring (bicyclic) bond motifs is 1. The minimum absolute atomic E-state index is 0.735. The predicted octanol–water partition coefficient (Wildman–Crippen LogP) is 3.75. The molecule has 1 N–H and O–H groups in total. The summed E-state index contributed by atoms with van der Waals surface area (Å²) in [5.41, 5.74) is 0. The molecule has 1 fully saturated rings. The van der Waals surface area contributed by atoms with Crippen LogP contribution in [-0.4, -0.2) is 36.1 Å². The highest BCUT2D eigenvalue weighted by Crippen LogP contribution is 2.28. The second kappa shape index (κ2) is 6.10. The molecule has 0 radical (unpaired) electrons. The Morgan fingerprint density at radius 2 is 2.25 bits per heavy atom. The molecule has 1 saturated heterocycles. The van der Waals surface area contributed by atoms with Gasteiger partial charge < -0.3 is 10.2 Å². The predicted molar refractivity (Wildman–Crippen MR) is 88.2 cm³/mol. The molecule has 3 nitrogen and oxygen atoms in total. The Balaban J connectivity index is 1.73. The normalized spacial score (nSPS) is 19.6. The number of aromatic nitrogens is 1. The van der Waals surface area contributed by atoms with E-state index in [1.165, 1.54) is 30.3 Å². The number of benzene rings is 1. The van der Waals surface area contributed by atoms with Gasteiger partial charge in [-0.2, -0.15) is 0 Å². The van der Waals surface area contributed by atoms with Crippen LogP contribution in [0.1, 0.15) is 13.3 Å². The summed E-state index contributed by atoms with van der Waals surface area (Å²) in [6.45, 7) is 6.85. The molecule has 0 aliphatic carbocycles. The van der Waals surface area contributed by atoms with Crippen molar-refractivity contribution in [3.63, 3.8) is 0 Å². The summed E-state index contributed by atoms with van der Waals surface area (Å²) in [5, 5.41) is 5.94. The Bertz CT molecular complexity index is 599. The second-order valence-corrected chi connectivity index (χ2v) is 6.28. The molecule has 20 heavy (non-hydrogen) atoms. The molecule has 0 amide bonds. The fourth-order valence-corrected chi connectivity index (χ4v) is 3.42. The van der Waals surface area contributed by atoms with Gasteiger partial charge in [-0.15, -0.1) is 0 Å². The second-order valence-electron chi connectivity index (χ2n) is 5.42. The lowest BCUT2D eigenvalue weighted by Gasteiger charge is -2.15. The molecule has 0 bridgehead atoms. The molecule has 1 aliphatic rings. The van der Waals surface area contributed by atoms with Gasteiger partial charge in [0.1, 0.15) is 5.82 Å². The van der Waals surface area contributed by atoms with Crippen molar-refractivity contribution in [3.05, 3.63) is 34.9 Å². The van der Waals surface area contributed by atoms with Crippen LogP contribution in [0.3, 0.4) is 0 Å². The van der Waals surface area contributed by atoms with Crippen LogP contribution in [0.5, 0.6) is 0 Å². The SMILES string of the molecule is CCN1CCC(CNc2nccc3c(Br)cccc23)C1.